The van der Waals surface area contributed by atoms with Crippen LogP contribution in [0.1, 0.15) is 62.8 Å². The van der Waals surface area contributed by atoms with Gasteiger partial charge in [-0.25, -0.2) is 0 Å². The molecule has 0 N–H and O–H groups in total. The molecule has 5 rings (SSSR count). The van der Waals surface area contributed by atoms with Gasteiger partial charge in [0.05, 0.1) is 0 Å². The van der Waals surface area contributed by atoms with Crippen LogP contribution in [0.5, 0.6) is 0 Å². The fourth-order valence-electron chi connectivity index (χ4n) is 3.85. The molecule has 0 bridgehead atoms. The van der Waals surface area contributed by atoms with Crippen molar-refractivity contribution in [2.45, 2.75) is 53.4 Å². The Labute approximate surface area is 369 Å². The molecule has 0 atom stereocenters. The minimum atomic E-state index is 0. The van der Waals surface area contributed by atoms with Crippen LogP contribution in [0.4, 0.5) is 0 Å². The average molecular weight is 921 g/mol. The predicted octanol–water partition coefficient (Wildman–Crippen LogP) is 9.00. The van der Waals surface area contributed by atoms with Gasteiger partial charge < -0.3 is 22.3 Å². The Bertz CT molecular complexity index is 835. The van der Waals surface area contributed by atoms with Crippen molar-refractivity contribution in [3.8, 4) is 22.3 Å². The molecule has 0 amide bonds. The second-order valence-electron chi connectivity index (χ2n) is 7.22. The molecule has 176 valence electrons. The van der Waals surface area contributed by atoms with Crippen molar-refractivity contribution < 1.29 is 196 Å². The van der Waals surface area contributed by atoms with Gasteiger partial charge in [0.25, 0.3) is 0 Å². The molecule has 6 heteroatoms. The Morgan fingerprint density at radius 2 is 0.686 bits per heavy atom. The molecular formula is C29H39Y6-3. The number of hydrogen-bond acceptors (Lipinski definition) is 0. The van der Waals surface area contributed by atoms with Gasteiger partial charge in [0.15, 0.2) is 0 Å². The van der Waals surface area contributed by atoms with Gasteiger partial charge in [0.2, 0.25) is 0 Å². The van der Waals surface area contributed by atoms with Crippen molar-refractivity contribution in [2.75, 3.05) is 0 Å². The van der Waals surface area contributed by atoms with E-state index in [-0.39, 0.29) is 219 Å². The van der Waals surface area contributed by atoms with Crippen molar-refractivity contribution in [3.05, 3.63) is 105 Å². The summed E-state index contributed by atoms with van der Waals surface area (Å²) in [6, 6.07) is 22.4. The van der Waals surface area contributed by atoms with Gasteiger partial charge in [-0.1, -0.05) is 101 Å². The zero-order chi connectivity index (χ0) is 18.5. The van der Waals surface area contributed by atoms with E-state index in [1.165, 1.54) is 57.3 Å². The molecule has 3 aromatic rings. The molecule has 0 unspecified atom stereocenters. The number of rotatable bonds is 0. The van der Waals surface area contributed by atoms with Crippen LogP contribution in [0.2, 0.25) is 0 Å². The van der Waals surface area contributed by atoms with Gasteiger partial charge in [-0.3, -0.25) is 0 Å². The normalized spacial score (nSPS) is 8.80. The predicted molar refractivity (Wildman–Crippen MR) is 134 cm³/mol. The maximum atomic E-state index is 2.33. The molecule has 6 radical (unpaired) electrons. The zero-order valence-electron chi connectivity index (χ0n) is 23.1. The van der Waals surface area contributed by atoms with Gasteiger partial charge in [-0.05, 0) is 57.3 Å². The van der Waals surface area contributed by atoms with Gasteiger partial charge >= 0.3 is 0 Å². The summed E-state index contributed by atoms with van der Waals surface area (Å²) in [6.45, 7) is 8.50. The van der Waals surface area contributed by atoms with E-state index in [4.69, 9.17) is 0 Å². The summed E-state index contributed by atoms with van der Waals surface area (Å²) >= 11 is 0. The number of hydrogen-bond donors (Lipinski definition) is 0. The van der Waals surface area contributed by atoms with E-state index in [9.17, 15) is 0 Å². The standard InChI is InChI=1S/C20H14.2C3H8.3CH3.6Y/c1-3-7-17-13(5-1)11-15-9-10-16-12-14-6-2-4-8-18(14)20(16)19(15)17;2*1-3-2;;;;;;;;;/h1-10H,11-12H2;2*3H2,1-2H3;3*1H3;;;;;;/q;;;3*-1;;;;;;. The summed E-state index contributed by atoms with van der Waals surface area (Å²) < 4.78 is 0. The SMILES string of the molecule is CCC.CCC.[CH3-].[CH3-].[CH3-].[Y].[Y].[Y].[Y].[Y].[Y].c1ccc2c(c1)Cc1ccc3c(c1-2)-c1ccccc1C3. The van der Waals surface area contributed by atoms with E-state index in [1.807, 2.05) is 0 Å². The first-order valence-electron chi connectivity index (χ1n) is 10.1. The third-order valence-corrected chi connectivity index (χ3v) is 4.71. The van der Waals surface area contributed by atoms with Crippen LogP contribution in [-0.4, -0.2) is 0 Å². The monoisotopic (exact) mass is 921 g/mol. The Morgan fingerprint density at radius 3 is 0.971 bits per heavy atom. The third kappa shape index (κ3) is 14.3. The molecule has 0 aliphatic heterocycles. The first kappa shape index (κ1) is 55.2. The van der Waals surface area contributed by atoms with Crippen LogP contribution >= 0.6 is 0 Å². The smallest absolute Gasteiger partial charge is 0 e. The fourth-order valence-corrected chi connectivity index (χ4v) is 3.85. The summed E-state index contributed by atoms with van der Waals surface area (Å²) in [5.74, 6) is 0. The van der Waals surface area contributed by atoms with Gasteiger partial charge in [0, 0.05) is 196 Å². The summed E-state index contributed by atoms with van der Waals surface area (Å²) in [6.07, 6.45) is 4.67. The molecule has 0 heterocycles. The molecule has 3 aromatic carbocycles. The second kappa shape index (κ2) is 29.8. The Morgan fingerprint density at radius 1 is 0.429 bits per heavy atom. The Kier molecular flexibility index (Phi) is 47.0. The number of fused-ring (bicyclic) bond motifs is 7. The van der Waals surface area contributed by atoms with Crippen molar-refractivity contribution in [3.63, 3.8) is 0 Å². The van der Waals surface area contributed by atoms with Crippen molar-refractivity contribution in [1.29, 1.82) is 0 Å². The zero-order valence-corrected chi connectivity index (χ0v) is 40.1. The summed E-state index contributed by atoms with van der Waals surface area (Å²) in [4.78, 5) is 0. The molecule has 2 aliphatic carbocycles. The van der Waals surface area contributed by atoms with Crippen LogP contribution in [-0.2, 0) is 209 Å². The topological polar surface area (TPSA) is 0 Å². The summed E-state index contributed by atoms with van der Waals surface area (Å²) in [5, 5.41) is 0. The van der Waals surface area contributed by atoms with Gasteiger partial charge in [-0.2, -0.15) is 0 Å². The largest absolute Gasteiger partial charge is 0.358 e. The van der Waals surface area contributed by atoms with E-state index < -0.39 is 0 Å². The van der Waals surface area contributed by atoms with E-state index in [0.29, 0.717) is 0 Å². The second-order valence-corrected chi connectivity index (χ2v) is 7.22. The van der Waals surface area contributed by atoms with Crippen LogP contribution < -0.4 is 0 Å². The molecule has 0 fully saturated rings. The maximum Gasteiger partial charge on any atom is 0 e. The average Bonchev–Trinajstić information content (AvgIpc) is 3.20. The van der Waals surface area contributed by atoms with Crippen molar-refractivity contribution >= 4 is 0 Å². The molecule has 35 heavy (non-hydrogen) atoms. The first-order chi connectivity index (χ1) is 12.7. The molecule has 0 nitrogen and oxygen atoms in total. The quantitative estimate of drug-likeness (QED) is 0.136. The summed E-state index contributed by atoms with van der Waals surface area (Å²) in [5.41, 5.74) is 11.8. The first-order valence-corrected chi connectivity index (χ1v) is 10.1. The van der Waals surface area contributed by atoms with Crippen LogP contribution in [0.25, 0.3) is 22.3 Å². The minimum absolute atomic E-state index is 0. The third-order valence-electron chi connectivity index (χ3n) is 4.71. The van der Waals surface area contributed by atoms with E-state index >= 15 is 0 Å². The van der Waals surface area contributed by atoms with Crippen LogP contribution in [0.15, 0.2) is 60.7 Å². The van der Waals surface area contributed by atoms with E-state index in [0.717, 1.165) is 12.8 Å². The molecule has 0 saturated carbocycles. The summed E-state index contributed by atoms with van der Waals surface area (Å²) in [7, 11) is 0. The number of benzene rings is 3. The maximum absolute atomic E-state index is 2.33. The van der Waals surface area contributed by atoms with E-state index in [2.05, 4.69) is 88.4 Å². The van der Waals surface area contributed by atoms with Crippen molar-refractivity contribution in [1.82, 2.24) is 0 Å². The van der Waals surface area contributed by atoms with Crippen molar-refractivity contribution in [2.24, 2.45) is 0 Å². The van der Waals surface area contributed by atoms with Crippen LogP contribution in [0, 0.1) is 22.3 Å². The van der Waals surface area contributed by atoms with Gasteiger partial charge in [-0.15, -0.1) is 0 Å². The minimum Gasteiger partial charge on any atom is -0.358 e. The van der Waals surface area contributed by atoms with E-state index in [1.54, 1.807) is 0 Å². The van der Waals surface area contributed by atoms with Crippen LogP contribution in [0.3, 0.4) is 0 Å². The molecule has 0 aromatic heterocycles. The fraction of sp³-hybridized carbons (Fsp3) is 0.276. The Hall–Kier alpha value is 4.28. The van der Waals surface area contributed by atoms with Gasteiger partial charge in [0.1, 0.15) is 0 Å². The Balaban J connectivity index is -0.0000000966. The molecule has 0 saturated heterocycles. The molecular weight excluding hydrogens is 882 g/mol. The molecule has 2 aliphatic rings. The molecule has 0 spiro atoms.